The number of fused-ring (bicyclic) bond motifs is 1. The molecular formula is C11H11NOS2. The Balaban J connectivity index is 2.13. The van der Waals surface area contributed by atoms with E-state index >= 15 is 0 Å². The summed E-state index contributed by atoms with van der Waals surface area (Å²) in [6.45, 7) is 6.19. The monoisotopic (exact) mass is 237 g/mol. The first-order valence-corrected chi connectivity index (χ1v) is 6.26. The highest BCUT2D eigenvalue weighted by Crippen LogP contribution is 2.29. The summed E-state index contributed by atoms with van der Waals surface area (Å²) in [4.78, 5) is 12.5. The van der Waals surface area contributed by atoms with Crippen LogP contribution in [0, 0.1) is 0 Å². The summed E-state index contributed by atoms with van der Waals surface area (Å²) in [5.74, 6) is -0.00796. The van der Waals surface area contributed by atoms with Crippen LogP contribution in [0.15, 0.2) is 29.7 Å². The van der Waals surface area contributed by atoms with Crippen molar-refractivity contribution in [2.24, 2.45) is 0 Å². The van der Waals surface area contributed by atoms with Crippen LogP contribution in [-0.2, 0) is 0 Å². The SMILES string of the molecule is C=C(C)CNC(=O)c1cc2sccc2s1. The number of hydrogen-bond donors (Lipinski definition) is 1. The predicted octanol–water partition coefficient (Wildman–Crippen LogP) is 3.27. The van der Waals surface area contributed by atoms with E-state index in [2.05, 4.69) is 11.9 Å². The number of rotatable bonds is 3. The van der Waals surface area contributed by atoms with Crippen LogP contribution in [0.1, 0.15) is 16.6 Å². The van der Waals surface area contributed by atoms with Crippen LogP contribution in [0.3, 0.4) is 0 Å². The molecule has 0 fully saturated rings. The molecule has 2 aromatic heterocycles. The summed E-state index contributed by atoms with van der Waals surface area (Å²) in [6, 6.07) is 3.98. The Labute approximate surface area is 96.2 Å². The Hall–Kier alpha value is -1.13. The summed E-state index contributed by atoms with van der Waals surface area (Å²) in [5, 5.41) is 4.86. The first-order valence-electron chi connectivity index (χ1n) is 4.56. The van der Waals surface area contributed by atoms with Gasteiger partial charge in [0.2, 0.25) is 0 Å². The molecule has 0 aliphatic carbocycles. The van der Waals surface area contributed by atoms with Crippen molar-refractivity contribution < 1.29 is 4.79 Å². The molecule has 1 amide bonds. The van der Waals surface area contributed by atoms with Crippen molar-refractivity contribution in [3.63, 3.8) is 0 Å². The van der Waals surface area contributed by atoms with Crippen molar-refractivity contribution in [2.75, 3.05) is 6.54 Å². The molecule has 2 rings (SSSR count). The van der Waals surface area contributed by atoms with Gasteiger partial charge in [-0.15, -0.1) is 22.7 Å². The van der Waals surface area contributed by atoms with Gasteiger partial charge in [0.25, 0.3) is 5.91 Å². The first kappa shape index (κ1) is 10.4. The molecule has 0 radical (unpaired) electrons. The maximum atomic E-state index is 11.7. The fraction of sp³-hybridized carbons (Fsp3) is 0.182. The molecule has 2 nitrogen and oxygen atoms in total. The lowest BCUT2D eigenvalue weighted by Gasteiger charge is -2.01. The third-order valence-electron chi connectivity index (χ3n) is 1.91. The van der Waals surface area contributed by atoms with Crippen LogP contribution in [0.5, 0.6) is 0 Å². The van der Waals surface area contributed by atoms with Gasteiger partial charge in [0, 0.05) is 15.9 Å². The third kappa shape index (κ3) is 2.27. The van der Waals surface area contributed by atoms with E-state index < -0.39 is 0 Å². The molecule has 78 valence electrons. The molecular weight excluding hydrogens is 226 g/mol. The van der Waals surface area contributed by atoms with Gasteiger partial charge in [-0.05, 0) is 24.4 Å². The Morgan fingerprint density at radius 1 is 1.53 bits per heavy atom. The average molecular weight is 237 g/mol. The number of nitrogens with one attached hydrogen (secondary N) is 1. The maximum Gasteiger partial charge on any atom is 0.261 e. The molecule has 4 heteroatoms. The van der Waals surface area contributed by atoms with E-state index in [0.29, 0.717) is 6.54 Å². The number of hydrogen-bond acceptors (Lipinski definition) is 3. The normalized spacial score (nSPS) is 10.5. The van der Waals surface area contributed by atoms with Crippen LogP contribution in [-0.4, -0.2) is 12.5 Å². The summed E-state index contributed by atoms with van der Waals surface area (Å²) < 4.78 is 2.36. The lowest BCUT2D eigenvalue weighted by molar-refractivity contribution is 0.0961. The molecule has 0 atom stereocenters. The minimum Gasteiger partial charge on any atom is -0.348 e. The lowest BCUT2D eigenvalue weighted by atomic mass is 10.3. The zero-order valence-electron chi connectivity index (χ0n) is 8.37. The first-order chi connectivity index (χ1) is 7.16. The van der Waals surface area contributed by atoms with E-state index in [1.165, 1.54) is 20.7 Å². The molecule has 2 aromatic rings. The van der Waals surface area contributed by atoms with Crippen molar-refractivity contribution in [2.45, 2.75) is 6.92 Å². The van der Waals surface area contributed by atoms with Gasteiger partial charge in [0.1, 0.15) is 0 Å². The largest absolute Gasteiger partial charge is 0.348 e. The number of thiophene rings is 2. The minimum absolute atomic E-state index is 0.00796. The zero-order valence-corrected chi connectivity index (χ0v) is 10.0. The van der Waals surface area contributed by atoms with Gasteiger partial charge in [-0.2, -0.15) is 0 Å². The molecule has 2 heterocycles. The highest BCUT2D eigenvalue weighted by Gasteiger charge is 2.09. The third-order valence-corrected chi connectivity index (χ3v) is 4.01. The second kappa shape index (κ2) is 4.16. The Morgan fingerprint density at radius 2 is 2.33 bits per heavy atom. The van der Waals surface area contributed by atoms with E-state index in [9.17, 15) is 4.79 Å². The Morgan fingerprint density at radius 3 is 3.00 bits per heavy atom. The standard InChI is InChI=1S/C11H11NOS2/c1-7(2)6-12-11(13)10-5-9-8(15-10)3-4-14-9/h3-5H,1,6H2,2H3,(H,12,13). The molecule has 0 saturated carbocycles. The summed E-state index contributed by atoms with van der Waals surface area (Å²) in [7, 11) is 0. The van der Waals surface area contributed by atoms with Crippen LogP contribution in [0.25, 0.3) is 9.40 Å². The molecule has 0 unspecified atom stereocenters. The van der Waals surface area contributed by atoms with E-state index in [1.54, 1.807) is 11.3 Å². The van der Waals surface area contributed by atoms with Gasteiger partial charge < -0.3 is 5.32 Å². The number of carbonyl (C=O) groups excluding carboxylic acids is 1. The number of carbonyl (C=O) groups is 1. The molecule has 15 heavy (non-hydrogen) atoms. The van der Waals surface area contributed by atoms with Crippen molar-refractivity contribution in [3.8, 4) is 0 Å². The second-order valence-electron chi connectivity index (χ2n) is 3.40. The zero-order chi connectivity index (χ0) is 10.8. The van der Waals surface area contributed by atoms with Gasteiger partial charge in [-0.3, -0.25) is 4.79 Å². The summed E-state index contributed by atoms with van der Waals surface area (Å²) in [6.07, 6.45) is 0. The van der Waals surface area contributed by atoms with Crippen molar-refractivity contribution in [1.82, 2.24) is 5.32 Å². The Kier molecular flexibility index (Phi) is 2.88. The fourth-order valence-electron chi connectivity index (χ4n) is 1.20. The molecule has 0 saturated heterocycles. The van der Waals surface area contributed by atoms with Gasteiger partial charge >= 0.3 is 0 Å². The smallest absolute Gasteiger partial charge is 0.261 e. The predicted molar refractivity (Wildman–Crippen MR) is 66.8 cm³/mol. The van der Waals surface area contributed by atoms with Crippen molar-refractivity contribution in [1.29, 1.82) is 0 Å². The van der Waals surface area contributed by atoms with Crippen molar-refractivity contribution >= 4 is 38.0 Å². The van der Waals surface area contributed by atoms with E-state index in [0.717, 1.165) is 10.5 Å². The van der Waals surface area contributed by atoms with Crippen molar-refractivity contribution in [3.05, 3.63) is 34.5 Å². The van der Waals surface area contributed by atoms with E-state index in [1.807, 2.05) is 24.4 Å². The topological polar surface area (TPSA) is 29.1 Å². The molecule has 0 aliphatic rings. The molecule has 1 N–H and O–H groups in total. The molecule has 0 bridgehead atoms. The number of amides is 1. The minimum atomic E-state index is -0.00796. The summed E-state index contributed by atoms with van der Waals surface area (Å²) in [5.41, 5.74) is 0.960. The highest BCUT2D eigenvalue weighted by molar-refractivity contribution is 7.27. The lowest BCUT2D eigenvalue weighted by Crippen LogP contribution is -2.23. The van der Waals surface area contributed by atoms with Crippen LogP contribution in [0.4, 0.5) is 0 Å². The molecule has 0 aliphatic heterocycles. The van der Waals surface area contributed by atoms with Gasteiger partial charge in [0.15, 0.2) is 0 Å². The van der Waals surface area contributed by atoms with Gasteiger partial charge in [-0.25, -0.2) is 0 Å². The summed E-state index contributed by atoms with van der Waals surface area (Å²) >= 11 is 3.20. The van der Waals surface area contributed by atoms with Gasteiger partial charge in [-0.1, -0.05) is 12.2 Å². The van der Waals surface area contributed by atoms with Gasteiger partial charge in [0.05, 0.1) is 4.88 Å². The van der Waals surface area contributed by atoms with Crippen LogP contribution < -0.4 is 5.32 Å². The highest BCUT2D eigenvalue weighted by atomic mass is 32.1. The second-order valence-corrected chi connectivity index (χ2v) is 5.43. The van der Waals surface area contributed by atoms with E-state index in [4.69, 9.17) is 0 Å². The van der Waals surface area contributed by atoms with Crippen LogP contribution in [0.2, 0.25) is 0 Å². The fourth-order valence-corrected chi connectivity index (χ4v) is 3.22. The Bertz CT molecular complexity index is 481. The molecule has 0 aromatic carbocycles. The molecule has 0 spiro atoms. The quantitative estimate of drug-likeness (QED) is 0.816. The maximum absolute atomic E-state index is 11.7. The van der Waals surface area contributed by atoms with E-state index in [-0.39, 0.29) is 5.91 Å². The van der Waals surface area contributed by atoms with Crippen LogP contribution >= 0.6 is 22.7 Å². The average Bonchev–Trinajstić information content (AvgIpc) is 2.72.